The van der Waals surface area contributed by atoms with E-state index in [1.54, 1.807) is 0 Å². The van der Waals surface area contributed by atoms with Gasteiger partial charge in [0.2, 0.25) is 10.0 Å². The third-order valence-corrected chi connectivity index (χ3v) is 7.04. The number of carbonyl (C=O) groups is 1. The van der Waals surface area contributed by atoms with Crippen molar-refractivity contribution in [3.05, 3.63) is 0 Å². The van der Waals surface area contributed by atoms with Crippen molar-refractivity contribution in [2.24, 2.45) is 0 Å². The molecule has 0 spiro atoms. The summed E-state index contributed by atoms with van der Waals surface area (Å²) in [5.74, 6) is -61.4. The van der Waals surface area contributed by atoms with Gasteiger partial charge < -0.3 is 14.4 Å². The molecule has 0 radical (unpaired) electrons. The number of nitrogens with zero attached hydrogens (tertiary/aromatic N) is 1. The van der Waals surface area contributed by atoms with E-state index in [-0.39, 0.29) is 24.0 Å². The molecule has 0 amide bonds. The third kappa shape index (κ3) is 7.62. The number of sulfonamides is 1. The summed E-state index contributed by atoms with van der Waals surface area (Å²) in [5.41, 5.74) is 0. The van der Waals surface area contributed by atoms with Gasteiger partial charge in [-0.25, -0.2) is 13.1 Å². The Morgan fingerprint density at radius 1 is 0.667 bits per heavy atom. The quantitative estimate of drug-likeness (QED) is 0.143. The van der Waals surface area contributed by atoms with Crippen molar-refractivity contribution in [3.63, 3.8) is 0 Å². The average Bonchev–Trinajstić information content (AvgIpc) is 2.78. The van der Waals surface area contributed by atoms with E-state index in [4.69, 9.17) is 0 Å². The zero-order valence-electron chi connectivity index (χ0n) is 20.9. The Hall–Kier alpha value is -1.85. The van der Waals surface area contributed by atoms with Crippen LogP contribution < -0.4 is 9.83 Å². The summed E-state index contributed by atoms with van der Waals surface area (Å²) in [4.78, 5) is 10.5. The van der Waals surface area contributed by atoms with Crippen LogP contribution in [0.4, 0.5) is 74.6 Å². The molecule has 252 valence electrons. The van der Waals surface area contributed by atoms with Gasteiger partial charge in [0, 0.05) is 31.8 Å². The topological polar surface area (TPSA) is 86.3 Å². The Kier molecular flexibility index (Phi) is 11.4. The number of hydrogen-bond acceptors (Lipinski definition) is 4. The van der Waals surface area contributed by atoms with Crippen molar-refractivity contribution in [1.29, 1.82) is 0 Å². The summed E-state index contributed by atoms with van der Waals surface area (Å²) >= 11 is 0. The average molecular weight is 684 g/mol. The number of carbonyl (C=O) groups excluding carboxylic acids is 1. The van der Waals surface area contributed by atoms with Gasteiger partial charge in [-0.3, -0.25) is 0 Å². The lowest BCUT2D eigenvalue weighted by atomic mass is 9.88. The number of quaternary nitrogens is 1. The first-order valence-corrected chi connectivity index (χ1v) is 12.4. The number of halogens is 17. The monoisotopic (exact) mass is 684 g/mol. The normalized spacial score (nSPS) is 15.7. The second kappa shape index (κ2) is 11.9. The van der Waals surface area contributed by atoms with Gasteiger partial charge in [0.25, 0.3) is 0 Å². The molecule has 0 saturated carbocycles. The standard InChI is InChI=1S/C18H21F17N2O4S/c1-37(2,8-4-10(38)39)7-3-6-36-42(40,41)9-5-11(19,20)12(21,22)13(23,24)14(25,26)15(27,28)16(29,30)17(31,32)18(33,34)35/h36H,3-9H2,1-2H3. The zero-order valence-corrected chi connectivity index (χ0v) is 21.7. The number of carboxylic acid groups (broad SMARTS) is 1. The molecule has 0 fully saturated rings. The van der Waals surface area contributed by atoms with E-state index in [1.807, 2.05) is 0 Å². The van der Waals surface area contributed by atoms with Crippen LogP contribution in [0.15, 0.2) is 0 Å². The van der Waals surface area contributed by atoms with Crippen LogP contribution in [0, 0.1) is 0 Å². The molecule has 0 rings (SSSR count). The van der Waals surface area contributed by atoms with E-state index in [0.29, 0.717) is 0 Å². The minimum atomic E-state index is -8.76. The summed E-state index contributed by atoms with van der Waals surface area (Å²) in [7, 11) is -2.30. The molecule has 0 atom stereocenters. The highest BCUT2D eigenvalue weighted by Crippen LogP contribution is 2.64. The Bertz CT molecular complexity index is 1060. The second-order valence-electron chi connectivity index (χ2n) is 9.47. The van der Waals surface area contributed by atoms with Gasteiger partial charge in [-0.05, 0) is 0 Å². The molecule has 0 aromatic heterocycles. The number of hydrogen-bond donors (Lipinski definition) is 1. The van der Waals surface area contributed by atoms with Gasteiger partial charge in [0.1, 0.15) is 0 Å². The van der Waals surface area contributed by atoms with Crippen LogP contribution in [0.5, 0.6) is 0 Å². The fourth-order valence-corrected chi connectivity index (χ4v) is 4.05. The van der Waals surface area contributed by atoms with Crippen molar-refractivity contribution in [2.75, 3.05) is 39.5 Å². The predicted octanol–water partition coefficient (Wildman–Crippen LogP) is 3.91. The Balaban J connectivity index is 5.88. The minimum absolute atomic E-state index is 0.0163. The Labute approximate surface area is 225 Å². The van der Waals surface area contributed by atoms with Crippen molar-refractivity contribution in [2.45, 2.75) is 66.9 Å². The van der Waals surface area contributed by atoms with Crippen LogP contribution in [0.25, 0.3) is 0 Å². The molecular formula is C18H21F17N2O4S. The second-order valence-corrected chi connectivity index (χ2v) is 11.4. The maximum Gasteiger partial charge on any atom is 0.460 e. The summed E-state index contributed by atoms with van der Waals surface area (Å²) in [5, 5.41) is 10.5. The van der Waals surface area contributed by atoms with E-state index < -0.39 is 88.8 Å². The molecular weight excluding hydrogens is 663 g/mol. The molecule has 0 aliphatic rings. The fourth-order valence-electron chi connectivity index (χ4n) is 2.93. The van der Waals surface area contributed by atoms with Gasteiger partial charge in [0.15, 0.2) is 0 Å². The van der Waals surface area contributed by atoms with Gasteiger partial charge in [-0.2, -0.15) is 74.6 Å². The molecule has 0 aliphatic carbocycles. The first-order valence-electron chi connectivity index (χ1n) is 10.8. The smallest absolute Gasteiger partial charge is 0.460 e. The first-order chi connectivity index (χ1) is 18.1. The Morgan fingerprint density at radius 2 is 1.05 bits per heavy atom. The van der Waals surface area contributed by atoms with Gasteiger partial charge in [-0.1, -0.05) is 0 Å². The van der Waals surface area contributed by atoms with E-state index >= 15 is 0 Å². The number of alkyl halides is 17. The number of aliphatic carboxylic acids is 1. The maximum absolute atomic E-state index is 13.9. The van der Waals surface area contributed by atoms with E-state index in [1.165, 1.54) is 18.8 Å². The SMILES string of the molecule is C[N+](C)(CCCNS(=O)(=O)CCC(F)(F)C(F)(F)C(F)(F)C(F)(F)C(F)(F)C(F)(F)C(F)(F)C(F)(F)F)CCC(=O)[O-]. The zero-order chi connectivity index (χ0) is 34.2. The van der Waals surface area contributed by atoms with Crippen molar-refractivity contribution >= 4 is 16.0 Å². The van der Waals surface area contributed by atoms with Gasteiger partial charge in [0.05, 0.1) is 32.9 Å². The molecule has 0 aliphatic heterocycles. The maximum atomic E-state index is 13.9. The van der Waals surface area contributed by atoms with Crippen LogP contribution in [-0.4, -0.2) is 106 Å². The number of nitrogens with one attached hydrogen (secondary N) is 1. The number of rotatable bonds is 17. The van der Waals surface area contributed by atoms with Crippen LogP contribution in [0.2, 0.25) is 0 Å². The molecule has 0 heterocycles. The highest BCUT2D eigenvalue weighted by Gasteiger charge is 2.95. The van der Waals surface area contributed by atoms with Crippen molar-refractivity contribution < 1.29 is 97.4 Å². The molecule has 0 saturated heterocycles. The summed E-state index contributed by atoms with van der Waals surface area (Å²) in [6, 6.07) is 0. The molecule has 0 bridgehead atoms. The molecule has 0 unspecified atom stereocenters. The van der Waals surface area contributed by atoms with Crippen LogP contribution >= 0.6 is 0 Å². The highest BCUT2D eigenvalue weighted by atomic mass is 32.2. The van der Waals surface area contributed by atoms with Crippen LogP contribution in [0.3, 0.4) is 0 Å². The first kappa shape index (κ1) is 40.1. The van der Waals surface area contributed by atoms with E-state index in [2.05, 4.69) is 0 Å². The van der Waals surface area contributed by atoms with Crippen molar-refractivity contribution in [1.82, 2.24) is 4.72 Å². The summed E-state index contributed by atoms with van der Waals surface area (Å²) in [6.45, 7) is -0.758. The third-order valence-electron chi connectivity index (χ3n) is 5.66. The molecule has 24 heteroatoms. The van der Waals surface area contributed by atoms with Gasteiger partial charge >= 0.3 is 47.6 Å². The fraction of sp³-hybridized carbons (Fsp3) is 0.944. The molecule has 6 nitrogen and oxygen atoms in total. The van der Waals surface area contributed by atoms with E-state index in [0.717, 1.165) is 0 Å². The van der Waals surface area contributed by atoms with Crippen LogP contribution in [-0.2, 0) is 14.8 Å². The highest BCUT2D eigenvalue weighted by molar-refractivity contribution is 7.89. The summed E-state index contributed by atoms with van der Waals surface area (Å²) < 4.78 is 250. The lowest BCUT2D eigenvalue weighted by molar-refractivity contribution is -0.890. The molecule has 0 aromatic rings. The molecule has 1 N–H and O–H groups in total. The van der Waals surface area contributed by atoms with Gasteiger partial charge in [-0.15, -0.1) is 0 Å². The number of carboxylic acids is 1. The van der Waals surface area contributed by atoms with Crippen LogP contribution in [0.1, 0.15) is 19.3 Å². The minimum Gasteiger partial charge on any atom is -0.550 e. The summed E-state index contributed by atoms with van der Waals surface area (Å²) in [6.07, 6.45) is -11.6. The predicted molar refractivity (Wildman–Crippen MR) is 103 cm³/mol. The lowest BCUT2D eigenvalue weighted by Gasteiger charge is -2.42. The molecule has 42 heavy (non-hydrogen) atoms. The van der Waals surface area contributed by atoms with Crippen molar-refractivity contribution in [3.8, 4) is 0 Å². The van der Waals surface area contributed by atoms with E-state index in [9.17, 15) is 93.0 Å². The largest absolute Gasteiger partial charge is 0.550 e. The molecule has 0 aromatic carbocycles. The Morgan fingerprint density at radius 3 is 1.43 bits per heavy atom. The lowest BCUT2D eigenvalue weighted by Crippen LogP contribution is -2.74.